The zero-order valence-corrected chi connectivity index (χ0v) is 17.1. The van der Waals surface area contributed by atoms with E-state index in [9.17, 15) is 4.79 Å². The number of hydrogen-bond acceptors (Lipinski definition) is 4. The summed E-state index contributed by atoms with van der Waals surface area (Å²) < 4.78 is 0. The molecule has 0 bridgehead atoms. The van der Waals surface area contributed by atoms with Gasteiger partial charge in [-0.25, -0.2) is 9.97 Å². The number of nitrogens with zero attached hydrogens (tertiary/aromatic N) is 2. The number of thioether (sulfide) groups is 1. The summed E-state index contributed by atoms with van der Waals surface area (Å²) in [7, 11) is 0. The van der Waals surface area contributed by atoms with Crippen molar-refractivity contribution in [3.63, 3.8) is 0 Å². The molecule has 0 saturated heterocycles. The van der Waals surface area contributed by atoms with Gasteiger partial charge in [0.1, 0.15) is 5.03 Å². The summed E-state index contributed by atoms with van der Waals surface area (Å²) in [6.45, 7) is 0. The first-order valence-electron chi connectivity index (χ1n) is 9.15. The molecule has 4 aromatic rings. The molecule has 1 heterocycles. The largest absolute Gasteiger partial charge is 0.325 e. The van der Waals surface area contributed by atoms with Crippen LogP contribution in [0.3, 0.4) is 0 Å². The number of anilines is 1. The molecule has 1 aromatic heterocycles. The van der Waals surface area contributed by atoms with Gasteiger partial charge in [0.2, 0.25) is 5.91 Å². The number of aromatic nitrogens is 2. The Morgan fingerprint density at radius 2 is 1.52 bits per heavy atom. The van der Waals surface area contributed by atoms with Crippen LogP contribution in [-0.2, 0) is 11.2 Å². The molecule has 0 atom stereocenters. The molecule has 1 amide bonds. The molecule has 3 aromatic carbocycles. The molecule has 0 unspecified atom stereocenters. The van der Waals surface area contributed by atoms with Crippen molar-refractivity contribution in [2.75, 3.05) is 11.1 Å². The van der Waals surface area contributed by atoms with Gasteiger partial charge in [-0.1, -0.05) is 65.8 Å². The van der Waals surface area contributed by atoms with Crippen LogP contribution in [0, 0.1) is 0 Å². The topological polar surface area (TPSA) is 54.9 Å². The average Bonchev–Trinajstić information content (AvgIpc) is 2.74. The van der Waals surface area contributed by atoms with Gasteiger partial charge in [-0.15, -0.1) is 0 Å². The lowest BCUT2D eigenvalue weighted by molar-refractivity contribution is -0.113. The lowest BCUT2D eigenvalue weighted by Gasteiger charge is -2.10. The SMILES string of the molecule is O=C(CSc1nc2ccccc2nc1Cc1ccc(Cl)cc1)Nc1ccccc1. The highest BCUT2D eigenvalue weighted by Crippen LogP contribution is 2.25. The Bertz CT molecular complexity index is 1130. The summed E-state index contributed by atoms with van der Waals surface area (Å²) in [5.74, 6) is 0.184. The zero-order valence-electron chi connectivity index (χ0n) is 15.5. The van der Waals surface area contributed by atoms with E-state index in [1.165, 1.54) is 11.8 Å². The Balaban J connectivity index is 1.56. The van der Waals surface area contributed by atoms with Gasteiger partial charge in [-0.05, 0) is 42.0 Å². The lowest BCUT2D eigenvalue weighted by Crippen LogP contribution is -2.14. The third-order valence-corrected chi connectivity index (χ3v) is 5.55. The van der Waals surface area contributed by atoms with E-state index in [1.54, 1.807) is 0 Å². The quantitative estimate of drug-likeness (QED) is 0.413. The molecule has 0 saturated carbocycles. The van der Waals surface area contributed by atoms with Gasteiger partial charge >= 0.3 is 0 Å². The summed E-state index contributed by atoms with van der Waals surface area (Å²) in [6.07, 6.45) is 0.623. The first-order chi connectivity index (χ1) is 14.2. The molecule has 1 N–H and O–H groups in total. The molecule has 0 aliphatic heterocycles. The van der Waals surface area contributed by atoms with E-state index in [4.69, 9.17) is 21.6 Å². The maximum atomic E-state index is 12.4. The fraction of sp³-hybridized carbons (Fsp3) is 0.0870. The van der Waals surface area contributed by atoms with Crippen LogP contribution < -0.4 is 5.32 Å². The van der Waals surface area contributed by atoms with Crippen molar-refractivity contribution in [3.05, 3.63) is 95.1 Å². The van der Waals surface area contributed by atoms with Crippen LogP contribution in [0.5, 0.6) is 0 Å². The summed E-state index contributed by atoms with van der Waals surface area (Å²) in [5, 5.41) is 4.37. The fourth-order valence-electron chi connectivity index (χ4n) is 2.90. The number of benzene rings is 3. The standard InChI is InChI=1S/C23H18ClN3OS/c24-17-12-10-16(11-13-17)14-21-23(27-20-9-5-4-8-19(20)26-21)29-15-22(28)25-18-6-2-1-3-7-18/h1-13H,14-15H2,(H,25,28). The molecule has 0 aliphatic carbocycles. The molecular weight excluding hydrogens is 402 g/mol. The van der Waals surface area contributed by atoms with Gasteiger partial charge < -0.3 is 5.32 Å². The molecule has 4 rings (SSSR count). The average molecular weight is 420 g/mol. The highest BCUT2D eigenvalue weighted by Gasteiger charge is 2.13. The zero-order chi connectivity index (χ0) is 20.1. The number of halogens is 1. The Hall–Kier alpha value is -2.89. The van der Waals surface area contributed by atoms with Crippen LogP contribution in [-0.4, -0.2) is 21.6 Å². The van der Waals surface area contributed by atoms with E-state index in [0.717, 1.165) is 33.0 Å². The molecule has 144 valence electrons. The van der Waals surface area contributed by atoms with Crippen LogP contribution in [0.15, 0.2) is 83.9 Å². The number of amides is 1. The van der Waals surface area contributed by atoms with Gasteiger partial charge in [0.15, 0.2) is 0 Å². The van der Waals surface area contributed by atoms with Crippen LogP contribution in [0.1, 0.15) is 11.3 Å². The van der Waals surface area contributed by atoms with Crippen LogP contribution in [0.4, 0.5) is 5.69 Å². The van der Waals surface area contributed by atoms with Crippen molar-refractivity contribution in [3.8, 4) is 0 Å². The van der Waals surface area contributed by atoms with Gasteiger partial charge in [-0.2, -0.15) is 0 Å². The van der Waals surface area contributed by atoms with Crippen LogP contribution in [0.2, 0.25) is 5.02 Å². The second-order valence-corrected chi connectivity index (χ2v) is 7.87. The van der Waals surface area contributed by atoms with Crippen molar-refractivity contribution in [1.82, 2.24) is 9.97 Å². The maximum Gasteiger partial charge on any atom is 0.234 e. The number of rotatable bonds is 6. The first kappa shape index (κ1) is 19.4. The first-order valence-corrected chi connectivity index (χ1v) is 10.5. The van der Waals surface area contributed by atoms with Gasteiger partial charge in [0.05, 0.1) is 22.5 Å². The third kappa shape index (κ3) is 5.13. The second kappa shape index (κ2) is 9.07. The number of carbonyl (C=O) groups is 1. The minimum atomic E-state index is -0.0754. The smallest absolute Gasteiger partial charge is 0.234 e. The molecule has 0 fully saturated rings. The van der Waals surface area contributed by atoms with Crippen molar-refractivity contribution in [1.29, 1.82) is 0 Å². The Morgan fingerprint density at radius 1 is 0.862 bits per heavy atom. The van der Waals surface area contributed by atoms with Crippen LogP contribution >= 0.6 is 23.4 Å². The Kier molecular flexibility index (Phi) is 6.08. The summed E-state index contributed by atoms with van der Waals surface area (Å²) in [5.41, 5.74) is 4.38. The van der Waals surface area contributed by atoms with E-state index < -0.39 is 0 Å². The van der Waals surface area contributed by atoms with Crippen molar-refractivity contribution in [2.24, 2.45) is 0 Å². The summed E-state index contributed by atoms with van der Waals surface area (Å²) in [4.78, 5) is 21.9. The monoisotopic (exact) mass is 419 g/mol. The molecular formula is C23H18ClN3OS. The number of para-hydroxylation sites is 3. The van der Waals surface area contributed by atoms with Gasteiger partial charge in [-0.3, -0.25) is 4.79 Å². The Labute approximate surface area is 178 Å². The van der Waals surface area contributed by atoms with E-state index in [1.807, 2.05) is 78.9 Å². The fourth-order valence-corrected chi connectivity index (χ4v) is 3.81. The minimum absolute atomic E-state index is 0.0754. The van der Waals surface area contributed by atoms with E-state index in [-0.39, 0.29) is 11.7 Å². The number of nitrogens with one attached hydrogen (secondary N) is 1. The van der Waals surface area contributed by atoms with Crippen LogP contribution in [0.25, 0.3) is 11.0 Å². The molecule has 0 spiro atoms. The number of hydrogen-bond donors (Lipinski definition) is 1. The second-order valence-electron chi connectivity index (χ2n) is 6.47. The molecule has 29 heavy (non-hydrogen) atoms. The van der Waals surface area contributed by atoms with Crippen molar-refractivity contribution in [2.45, 2.75) is 11.4 Å². The van der Waals surface area contributed by atoms with E-state index in [0.29, 0.717) is 11.4 Å². The lowest BCUT2D eigenvalue weighted by atomic mass is 10.1. The molecule has 0 radical (unpaired) electrons. The summed E-state index contributed by atoms with van der Waals surface area (Å²) >= 11 is 7.40. The van der Waals surface area contributed by atoms with Crippen molar-refractivity contribution < 1.29 is 4.79 Å². The molecule has 0 aliphatic rings. The predicted molar refractivity (Wildman–Crippen MR) is 120 cm³/mol. The maximum absolute atomic E-state index is 12.4. The molecule has 6 heteroatoms. The normalized spacial score (nSPS) is 10.8. The third-order valence-electron chi connectivity index (χ3n) is 4.29. The number of carbonyl (C=O) groups excluding carboxylic acids is 1. The van der Waals surface area contributed by atoms with Crippen molar-refractivity contribution >= 4 is 46.0 Å². The summed E-state index contributed by atoms with van der Waals surface area (Å²) in [6, 6.07) is 24.9. The highest BCUT2D eigenvalue weighted by molar-refractivity contribution is 8.00. The molecule has 4 nitrogen and oxygen atoms in total. The van der Waals surface area contributed by atoms with E-state index >= 15 is 0 Å². The van der Waals surface area contributed by atoms with Gasteiger partial charge in [0, 0.05) is 17.1 Å². The van der Waals surface area contributed by atoms with E-state index in [2.05, 4.69) is 5.32 Å². The Morgan fingerprint density at radius 3 is 2.24 bits per heavy atom. The number of fused-ring (bicyclic) bond motifs is 1. The predicted octanol–water partition coefficient (Wildman–Crippen LogP) is 5.60. The van der Waals surface area contributed by atoms with Gasteiger partial charge in [0.25, 0.3) is 0 Å². The highest BCUT2D eigenvalue weighted by atomic mass is 35.5. The minimum Gasteiger partial charge on any atom is -0.325 e.